The number of unbranched alkanes of at least 4 members (excludes halogenated alkanes) is 1. The summed E-state index contributed by atoms with van der Waals surface area (Å²) in [7, 11) is 0. The molecule has 86 valence electrons. The maximum atomic E-state index is 10.9. The number of carbonyl (C=O) groups is 2. The average molecular weight is 216 g/mol. The predicted octanol–water partition coefficient (Wildman–Crippen LogP) is 1.38. The Kier molecular flexibility index (Phi) is 8.37. The van der Waals surface area contributed by atoms with Gasteiger partial charge in [0.05, 0.1) is 13.2 Å². The molecule has 0 heterocycles. The Hall–Kier alpha value is -1.36. The summed E-state index contributed by atoms with van der Waals surface area (Å²) in [6, 6.07) is 0. The number of hydrogen-bond acceptors (Lipinski definition) is 5. The van der Waals surface area contributed by atoms with Crippen molar-refractivity contribution in [2.45, 2.75) is 26.7 Å². The van der Waals surface area contributed by atoms with Crippen LogP contribution in [0.3, 0.4) is 0 Å². The number of hydrogen-bond donors (Lipinski definition) is 0. The van der Waals surface area contributed by atoms with E-state index >= 15 is 0 Å². The molecule has 5 nitrogen and oxygen atoms in total. The maximum Gasteiger partial charge on any atom is 0.366 e. The van der Waals surface area contributed by atoms with Gasteiger partial charge in [0.25, 0.3) is 0 Å². The summed E-state index contributed by atoms with van der Waals surface area (Å²) in [5, 5.41) is 0. The maximum absolute atomic E-state index is 10.9. The van der Waals surface area contributed by atoms with E-state index in [4.69, 9.17) is 0 Å². The highest BCUT2D eigenvalue weighted by Crippen LogP contribution is 1.91. The highest BCUT2D eigenvalue weighted by atomic mass is 17.2. The van der Waals surface area contributed by atoms with Crippen molar-refractivity contribution in [3.05, 3.63) is 12.2 Å². The molecule has 0 aliphatic rings. The van der Waals surface area contributed by atoms with E-state index < -0.39 is 11.9 Å². The Bertz CT molecular complexity index is 222. The van der Waals surface area contributed by atoms with E-state index in [1.807, 2.05) is 6.92 Å². The lowest BCUT2D eigenvalue weighted by Crippen LogP contribution is -2.05. The van der Waals surface area contributed by atoms with Gasteiger partial charge in [-0.1, -0.05) is 13.3 Å². The third kappa shape index (κ3) is 8.96. The SMILES string of the molecule is CCCCOOC(=O)C=CC(=O)OCC. The largest absolute Gasteiger partial charge is 0.463 e. The van der Waals surface area contributed by atoms with Crippen molar-refractivity contribution in [1.82, 2.24) is 0 Å². The smallest absolute Gasteiger partial charge is 0.366 e. The van der Waals surface area contributed by atoms with Gasteiger partial charge in [0.2, 0.25) is 0 Å². The van der Waals surface area contributed by atoms with Gasteiger partial charge < -0.3 is 4.74 Å². The van der Waals surface area contributed by atoms with Crippen molar-refractivity contribution in [1.29, 1.82) is 0 Å². The summed E-state index contributed by atoms with van der Waals surface area (Å²) in [6.45, 7) is 4.30. The van der Waals surface area contributed by atoms with Crippen LogP contribution in [-0.4, -0.2) is 25.2 Å². The molecule has 0 rings (SSSR count). The molecule has 5 heteroatoms. The normalized spacial score (nSPS) is 10.3. The lowest BCUT2D eigenvalue weighted by Gasteiger charge is -1.99. The molecule has 0 aliphatic carbocycles. The number of carbonyl (C=O) groups excluding carboxylic acids is 2. The molecule has 0 atom stereocenters. The van der Waals surface area contributed by atoms with Crippen LogP contribution in [0.4, 0.5) is 0 Å². The molecule has 0 saturated heterocycles. The summed E-state index contributed by atoms with van der Waals surface area (Å²) in [6.07, 6.45) is 3.73. The molecule has 0 N–H and O–H groups in total. The van der Waals surface area contributed by atoms with Crippen molar-refractivity contribution in [3.8, 4) is 0 Å². The summed E-state index contributed by atoms with van der Waals surface area (Å²) >= 11 is 0. The number of ether oxygens (including phenoxy) is 1. The molecule has 0 saturated carbocycles. The minimum atomic E-state index is -0.723. The van der Waals surface area contributed by atoms with Crippen LogP contribution in [0.1, 0.15) is 26.7 Å². The third-order valence-electron chi connectivity index (χ3n) is 1.36. The fourth-order valence-electron chi connectivity index (χ4n) is 0.657. The zero-order valence-corrected chi connectivity index (χ0v) is 9.02. The summed E-state index contributed by atoms with van der Waals surface area (Å²) < 4.78 is 4.56. The van der Waals surface area contributed by atoms with Crippen LogP contribution in [0.2, 0.25) is 0 Å². The van der Waals surface area contributed by atoms with Gasteiger partial charge in [-0.3, -0.25) is 4.89 Å². The monoisotopic (exact) mass is 216 g/mol. The lowest BCUT2D eigenvalue weighted by atomic mass is 10.4. The van der Waals surface area contributed by atoms with Gasteiger partial charge in [0, 0.05) is 12.2 Å². The van der Waals surface area contributed by atoms with Crippen LogP contribution in [-0.2, 0) is 24.1 Å². The van der Waals surface area contributed by atoms with E-state index in [2.05, 4.69) is 14.5 Å². The van der Waals surface area contributed by atoms with E-state index in [0.29, 0.717) is 6.61 Å². The fraction of sp³-hybridized carbons (Fsp3) is 0.600. The van der Waals surface area contributed by atoms with Gasteiger partial charge in [-0.25, -0.2) is 9.59 Å². The van der Waals surface area contributed by atoms with E-state index in [-0.39, 0.29) is 6.61 Å². The van der Waals surface area contributed by atoms with Gasteiger partial charge in [0.15, 0.2) is 0 Å². The highest BCUT2D eigenvalue weighted by molar-refractivity contribution is 5.91. The van der Waals surface area contributed by atoms with Gasteiger partial charge in [-0.05, 0) is 13.3 Å². The molecule has 0 bridgehead atoms. The van der Waals surface area contributed by atoms with Crippen molar-refractivity contribution < 1.29 is 24.1 Å². The van der Waals surface area contributed by atoms with Crippen molar-refractivity contribution in [2.75, 3.05) is 13.2 Å². The molecule has 0 radical (unpaired) electrons. The van der Waals surface area contributed by atoms with Gasteiger partial charge in [-0.15, -0.1) is 0 Å². The van der Waals surface area contributed by atoms with E-state index in [0.717, 1.165) is 25.0 Å². The summed E-state index contributed by atoms with van der Waals surface area (Å²) in [4.78, 5) is 30.6. The van der Waals surface area contributed by atoms with E-state index in [9.17, 15) is 9.59 Å². The minimum Gasteiger partial charge on any atom is -0.463 e. The zero-order chi connectivity index (χ0) is 11.5. The second-order valence-electron chi connectivity index (χ2n) is 2.66. The average Bonchev–Trinajstić information content (AvgIpc) is 2.22. The first-order valence-corrected chi connectivity index (χ1v) is 4.89. The minimum absolute atomic E-state index is 0.269. The molecular weight excluding hydrogens is 200 g/mol. The molecule has 15 heavy (non-hydrogen) atoms. The molecule has 0 spiro atoms. The van der Waals surface area contributed by atoms with Crippen LogP contribution >= 0.6 is 0 Å². The number of rotatable bonds is 7. The Morgan fingerprint density at radius 2 is 1.80 bits per heavy atom. The molecule has 0 aromatic heterocycles. The van der Waals surface area contributed by atoms with Crippen LogP contribution in [0.25, 0.3) is 0 Å². The van der Waals surface area contributed by atoms with Gasteiger partial charge >= 0.3 is 11.9 Å². The highest BCUT2D eigenvalue weighted by Gasteiger charge is 2.00. The van der Waals surface area contributed by atoms with Crippen molar-refractivity contribution in [2.24, 2.45) is 0 Å². The molecule has 0 aliphatic heterocycles. The fourth-order valence-corrected chi connectivity index (χ4v) is 0.657. The third-order valence-corrected chi connectivity index (χ3v) is 1.36. The molecule has 0 aromatic carbocycles. The second kappa shape index (κ2) is 9.21. The Morgan fingerprint density at radius 1 is 1.13 bits per heavy atom. The van der Waals surface area contributed by atoms with E-state index in [1.165, 1.54) is 0 Å². The topological polar surface area (TPSA) is 61.8 Å². The van der Waals surface area contributed by atoms with Crippen molar-refractivity contribution in [3.63, 3.8) is 0 Å². The zero-order valence-electron chi connectivity index (χ0n) is 9.02. The van der Waals surface area contributed by atoms with Crippen molar-refractivity contribution >= 4 is 11.9 Å². The second-order valence-corrected chi connectivity index (χ2v) is 2.66. The summed E-state index contributed by atoms with van der Waals surface area (Å²) in [5.74, 6) is -1.30. The first-order chi connectivity index (χ1) is 7.20. The van der Waals surface area contributed by atoms with E-state index in [1.54, 1.807) is 6.92 Å². The number of esters is 1. The Morgan fingerprint density at radius 3 is 2.40 bits per heavy atom. The molecule has 0 aromatic rings. The molecule has 0 fully saturated rings. The van der Waals surface area contributed by atoms with Crippen LogP contribution in [0.5, 0.6) is 0 Å². The lowest BCUT2D eigenvalue weighted by molar-refractivity contribution is -0.267. The van der Waals surface area contributed by atoms with Crippen LogP contribution in [0.15, 0.2) is 12.2 Å². The van der Waals surface area contributed by atoms with Gasteiger partial charge in [-0.2, -0.15) is 4.89 Å². The molecule has 0 amide bonds. The predicted molar refractivity (Wildman–Crippen MR) is 52.7 cm³/mol. The Balaban J connectivity index is 3.59. The first-order valence-electron chi connectivity index (χ1n) is 4.89. The summed E-state index contributed by atoms with van der Waals surface area (Å²) in [5.41, 5.74) is 0. The molecular formula is C10H16O5. The van der Waals surface area contributed by atoms with Crippen LogP contribution in [0, 0.1) is 0 Å². The van der Waals surface area contributed by atoms with Crippen LogP contribution < -0.4 is 0 Å². The quantitative estimate of drug-likeness (QED) is 0.211. The first kappa shape index (κ1) is 13.6. The van der Waals surface area contributed by atoms with Gasteiger partial charge in [0.1, 0.15) is 0 Å². The standard InChI is InChI=1S/C10H16O5/c1-3-5-8-14-15-10(12)7-6-9(11)13-4-2/h6-7H,3-5,8H2,1-2H3. The Labute approximate surface area is 88.9 Å². The molecule has 0 unspecified atom stereocenters.